The van der Waals surface area contributed by atoms with Crippen molar-refractivity contribution >= 4 is 29.2 Å². The number of hydrogen-bond acceptors (Lipinski definition) is 8. The van der Waals surface area contributed by atoms with Gasteiger partial charge in [-0.2, -0.15) is 0 Å². The number of nitrogens with one attached hydrogen (secondary N) is 1. The smallest absolute Gasteiger partial charge is 0.360 e. The number of ether oxygens (including phenoxy) is 2. The molecule has 1 amide bonds. The minimum absolute atomic E-state index is 0.0830. The number of carboxylic acids is 1. The van der Waals surface area contributed by atoms with Gasteiger partial charge in [0.15, 0.2) is 17.3 Å². The number of anilines is 1. The predicted octanol–water partition coefficient (Wildman–Crippen LogP) is 3.37. The van der Waals surface area contributed by atoms with Crippen molar-refractivity contribution in [2.24, 2.45) is 0 Å². The maximum atomic E-state index is 12.7. The maximum absolute atomic E-state index is 12.7. The van der Waals surface area contributed by atoms with E-state index in [4.69, 9.17) is 25.6 Å². The molecule has 10 nitrogen and oxygen atoms in total. The summed E-state index contributed by atoms with van der Waals surface area (Å²) < 4.78 is 15.3. The second kappa shape index (κ2) is 8.21. The summed E-state index contributed by atoms with van der Waals surface area (Å²) >= 11 is 5.87. The number of carbonyl (C=O) groups excluding carboxylic acids is 1. The minimum Gasteiger partial charge on any atom is -0.507 e. The Hall–Kier alpha value is -3.92. The lowest BCUT2D eigenvalue weighted by molar-refractivity contribution is 0.0687. The molecule has 4 N–H and O–H groups in total. The van der Waals surface area contributed by atoms with Gasteiger partial charge in [0.25, 0.3) is 5.91 Å². The molecule has 1 heterocycles. The van der Waals surface area contributed by atoms with Crippen molar-refractivity contribution < 1.29 is 38.9 Å². The zero-order chi connectivity index (χ0) is 22.0. The number of carbonyl (C=O) groups is 2. The summed E-state index contributed by atoms with van der Waals surface area (Å²) in [4.78, 5) is 24.3. The second-order valence-corrected chi connectivity index (χ2v) is 6.29. The zero-order valence-corrected chi connectivity index (χ0v) is 16.4. The first kappa shape index (κ1) is 20.8. The Morgan fingerprint density at radius 2 is 1.77 bits per heavy atom. The van der Waals surface area contributed by atoms with E-state index >= 15 is 0 Å². The Bertz CT molecular complexity index is 1140. The van der Waals surface area contributed by atoms with E-state index in [0.717, 1.165) is 12.1 Å². The lowest BCUT2D eigenvalue weighted by Crippen LogP contribution is -2.15. The average molecular weight is 435 g/mol. The summed E-state index contributed by atoms with van der Waals surface area (Å²) in [5.41, 5.74) is -0.855. The van der Waals surface area contributed by atoms with Gasteiger partial charge in [-0.05, 0) is 24.3 Å². The topological polar surface area (TPSA) is 151 Å². The first-order chi connectivity index (χ1) is 14.3. The number of methoxy groups -OCH3 is 2. The average Bonchev–Trinajstić information content (AvgIpc) is 3.13. The first-order valence-electron chi connectivity index (χ1n) is 8.25. The molecule has 0 saturated carbocycles. The quantitative estimate of drug-likeness (QED) is 0.457. The van der Waals surface area contributed by atoms with Crippen molar-refractivity contribution in [2.45, 2.75) is 0 Å². The van der Waals surface area contributed by atoms with E-state index in [2.05, 4.69) is 10.5 Å². The highest BCUT2D eigenvalue weighted by Gasteiger charge is 2.27. The number of amides is 1. The Morgan fingerprint density at radius 3 is 2.40 bits per heavy atom. The molecule has 0 aliphatic carbocycles. The summed E-state index contributed by atoms with van der Waals surface area (Å²) in [5, 5.41) is 34.8. The van der Waals surface area contributed by atoms with E-state index in [1.54, 1.807) is 0 Å². The number of carboxylic acid groups (broad SMARTS) is 1. The largest absolute Gasteiger partial charge is 0.507 e. The van der Waals surface area contributed by atoms with E-state index in [0.29, 0.717) is 5.75 Å². The van der Waals surface area contributed by atoms with Crippen LogP contribution in [0.1, 0.15) is 20.8 Å². The summed E-state index contributed by atoms with van der Waals surface area (Å²) in [6.45, 7) is 0. The highest BCUT2D eigenvalue weighted by molar-refractivity contribution is 6.32. The van der Waals surface area contributed by atoms with Gasteiger partial charge in [-0.3, -0.25) is 4.79 Å². The van der Waals surface area contributed by atoms with Crippen LogP contribution in [0, 0.1) is 0 Å². The van der Waals surface area contributed by atoms with E-state index in [1.807, 2.05) is 0 Å². The van der Waals surface area contributed by atoms with Crippen molar-refractivity contribution in [3.63, 3.8) is 0 Å². The third kappa shape index (κ3) is 3.80. The molecular formula is C19H15ClN2O8. The summed E-state index contributed by atoms with van der Waals surface area (Å²) in [7, 11) is 2.84. The molecule has 0 spiro atoms. The van der Waals surface area contributed by atoms with Crippen LogP contribution in [0.4, 0.5) is 5.69 Å². The second-order valence-electron chi connectivity index (χ2n) is 5.89. The van der Waals surface area contributed by atoms with Gasteiger partial charge in [0, 0.05) is 11.6 Å². The number of phenols is 2. The summed E-state index contributed by atoms with van der Waals surface area (Å²) in [5.74, 6) is -2.62. The van der Waals surface area contributed by atoms with Crippen molar-refractivity contribution in [3.8, 4) is 34.3 Å². The van der Waals surface area contributed by atoms with E-state index in [1.165, 1.54) is 32.4 Å². The molecule has 1 aromatic heterocycles. The molecule has 3 rings (SSSR count). The molecule has 0 fully saturated rings. The normalized spacial score (nSPS) is 10.5. The number of hydrogen-bond donors (Lipinski definition) is 4. The summed E-state index contributed by atoms with van der Waals surface area (Å²) in [6, 6.07) is 6.44. The molecule has 30 heavy (non-hydrogen) atoms. The lowest BCUT2D eigenvalue weighted by Gasteiger charge is -2.11. The first-order valence-corrected chi connectivity index (χ1v) is 8.62. The molecular weight excluding hydrogens is 420 g/mol. The van der Waals surface area contributed by atoms with Crippen LogP contribution >= 0.6 is 11.6 Å². The standard InChI is InChI=1S/C19H15ClN2O8/c1-28-13-4-3-8(5-14(13)29-2)18(25)21-15-16(19(26)27)22-30-17(15)9-6-10(20)12(24)7-11(9)23/h3-7,23-24H,1-2H3,(H,21,25)(H,26,27). The molecule has 0 aliphatic heterocycles. The van der Waals surface area contributed by atoms with Gasteiger partial charge in [0.05, 0.1) is 24.8 Å². The van der Waals surface area contributed by atoms with E-state index < -0.39 is 29.1 Å². The zero-order valence-electron chi connectivity index (χ0n) is 15.6. The predicted molar refractivity (Wildman–Crippen MR) is 105 cm³/mol. The molecule has 0 saturated heterocycles. The number of halogens is 1. The van der Waals surface area contributed by atoms with Gasteiger partial charge in [-0.1, -0.05) is 16.8 Å². The highest BCUT2D eigenvalue weighted by atomic mass is 35.5. The lowest BCUT2D eigenvalue weighted by atomic mass is 10.1. The fourth-order valence-electron chi connectivity index (χ4n) is 2.63. The van der Waals surface area contributed by atoms with Gasteiger partial charge in [-0.25, -0.2) is 4.79 Å². The van der Waals surface area contributed by atoms with Crippen molar-refractivity contribution in [1.82, 2.24) is 5.16 Å². The van der Waals surface area contributed by atoms with Crippen LogP contribution in [0.3, 0.4) is 0 Å². The van der Waals surface area contributed by atoms with Gasteiger partial charge < -0.3 is 34.6 Å². The van der Waals surface area contributed by atoms with Gasteiger partial charge >= 0.3 is 5.97 Å². The number of rotatable bonds is 6. The molecule has 2 aromatic carbocycles. The fraction of sp³-hybridized carbons (Fsp3) is 0.105. The molecule has 0 bridgehead atoms. The van der Waals surface area contributed by atoms with Crippen molar-refractivity contribution in [1.29, 1.82) is 0 Å². The number of aromatic hydroxyl groups is 2. The van der Waals surface area contributed by atoms with Crippen LogP contribution in [-0.2, 0) is 0 Å². The van der Waals surface area contributed by atoms with Crippen LogP contribution in [0.5, 0.6) is 23.0 Å². The monoisotopic (exact) mass is 434 g/mol. The molecule has 156 valence electrons. The minimum atomic E-state index is -1.48. The van der Waals surface area contributed by atoms with Crippen LogP contribution in [0.2, 0.25) is 5.02 Å². The van der Waals surface area contributed by atoms with Gasteiger partial charge in [0.2, 0.25) is 5.69 Å². The SMILES string of the molecule is COc1ccc(C(=O)Nc2c(C(=O)O)noc2-c2cc(Cl)c(O)cc2O)cc1OC. The number of phenolic OH excluding ortho intramolecular Hbond substituents is 2. The number of aromatic nitrogens is 1. The Balaban J connectivity index is 2.06. The molecule has 0 atom stereocenters. The van der Waals surface area contributed by atoms with Crippen molar-refractivity contribution in [2.75, 3.05) is 19.5 Å². The Labute approximate surface area is 174 Å². The van der Waals surface area contributed by atoms with Crippen LogP contribution in [0.15, 0.2) is 34.9 Å². The maximum Gasteiger partial charge on any atom is 0.360 e. The molecule has 0 radical (unpaired) electrons. The molecule has 3 aromatic rings. The molecule has 0 aliphatic rings. The highest BCUT2D eigenvalue weighted by Crippen LogP contribution is 2.41. The van der Waals surface area contributed by atoms with E-state index in [-0.39, 0.29) is 33.3 Å². The Morgan fingerprint density at radius 1 is 1.07 bits per heavy atom. The third-order valence-electron chi connectivity index (χ3n) is 4.09. The van der Waals surface area contributed by atoms with Gasteiger partial charge in [0.1, 0.15) is 17.2 Å². The number of aromatic carboxylic acids is 1. The van der Waals surface area contributed by atoms with Crippen molar-refractivity contribution in [3.05, 3.63) is 46.6 Å². The Kier molecular flexibility index (Phi) is 5.70. The number of nitrogens with zero attached hydrogens (tertiary/aromatic N) is 1. The van der Waals surface area contributed by atoms with Crippen LogP contribution in [-0.4, -0.2) is 46.6 Å². The molecule has 11 heteroatoms. The summed E-state index contributed by atoms with van der Waals surface area (Å²) in [6.07, 6.45) is 0. The van der Waals surface area contributed by atoms with E-state index in [9.17, 15) is 24.9 Å². The van der Waals surface area contributed by atoms with Crippen LogP contribution in [0.25, 0.3) is 11.3 Å². The third-order valence-corrected chi connectivity index (χ3v) is 4.39. The number of benzene rings is 2. The molecule has 0 unspecified atom stereocenters. The van der Waals surface area contributed by atoms with Crippen LogP contribution < -0.4 is 14.8 Å². The van der Waals surface area contributed by atoms with Gasteiger partial charge in [-0.15, -0.1) is 0 Å². The fourth-order valence-corrected chi connectivity index (χ4v) is 2.80.